The number of nitrogens with zero attached hydrogens (tertiary/aromatic N) is 2. The third kappa shape index (κ3) is 2.58. The van der Waals surface area contributed by atoms with E-state index in [1.807, 2.05) is 13.0 Å². The smallest absolute Gasteiger partial charge is 0.360 e. The van der Waals surface area contributed by atoms with Gasteiger partial charge in [-0.25, -0.2) is 9.48 Å². The van der Waals surface area contributed by atoms with E-state index in [9.17, 15) is 9.59 Å². The van der Waals surface area contributed by atoms with Crippen LogP contribution in [0, 0.1) is 6.92 Å². The van der Waals surface area contributed by atoms with Crippen molar-refractivity contribution >= 4 is 17.6 Å². The van der Waals surface area contributed by atoms with Crippen LogP contribution in [0.15, 0.2) is 29.2 Å². The molecule has 0 saturated carbocycles. The first-order valence-corrected chi connectivity index (χ1v) is 6.44. The summed E-state index contributed by atoms with van der Waals surface area (Å²) in [5, 5.41) is 13.5. The predicted molar refractivity (Wildman–Crippen MR) is 75.9 cm³/mol. The average Bonchev–Trinajstić information content (AvgIpc) is 2.41. The van der Waals surface area contributed by atoms with Crippen LogP contribution in [0.5, 0.6) is 0 Å². The molecular formula is C14H13ClN2O3. The van der Waals surface area contributed by atoms with Gasteiger partial charge in [0.05, 0.1) is 5.69 Å². The second kappa shape index (κ2) is 5.46. The minimum absolute atomic E-state index is 0.400. The zero-order valence-electron chi connectivity index (χ0n) is 11.1. The number of aryl methyl sites for hydroxylation is 2. The van der Waals surface area contributed by atoms with Gasteiger partial charge in [-0.1, -0.05) is 24.6 Å². The quantitative estimate of drug-likeness (QED) is 0.943. The number of rotatable bonds is 3. The highest BCUT2D eigenvalue weighted by molar-refractivity contribution is 6.30. The molecule has 0 amide bonds. The van der Waals surface area contributed by atoms with Gasteiger partial charge in [-0.2, -0.15) is 5.10 Å². The third-order valence-corrected chi connectivity index (χ3v) is 3.23. The summed E-state index contributed by atoms with van der Waals surface area (Å²) in [6.07, 6.45) is 1.98. The summed E-state index contributed by atoms with van der Waals surface area (Å²) in [7, 11) is 0. The summed E-state index contributed by atoms with van der Waals surface area (Å²) >= 11 is 5.95. The Morgan fingerprint density at radius 3 is 2.75 bits per heavy atom. The van der Waals surface area contributed by atoms with Crippen LogP contribution in [0.3, 0.4) is 0 Å². The van der Waals surface area contributed by atoms with E-state index in [4.69, 9.17) is 16.7 Å². The largest absolute Gasteiger partial charge is 0.476 e. The molecule has 1 aromatic heterocycles. The van der Waals surface area contributed by atoms with E-state index in [1.54, 1.807) is 25.3 Å². The molecule has 6 heteroatoms. The molecule has 0 spiro atoms. The fourth-order valence-electron chi connectivity index (χ4n) is 1.88. The summed E-state index contributed by atoms with van der Waals surface area (Å²) in [6, 6.07) is 5.23. The van der Waals surface area contributed by atoms with Crippen molar-refractivity contribution in [2.45, 2.75) is 20.3 Å². The molecule has 2 rings (SSSR count). The van der Waals surface area contributed by atoms with Gasteiger partial charge in [-0.15, -0.1) is 0 Å². The molecule has 0 aliphatic rings. The molecule has 0 saturated heterocycles. The number of hydrogen-bond donors (Lipinski definition) is 1. The molecule has 5 nitrogen and oxygen atoms in total. The van der Waals surface area contributed by atoms with Crippen LogP contribution in [0.2, 0.25) is 5.02 Å². The maximum atomic E-state index is 11.9. The Hall–Kier alpha value is -2.14. The van der Waals surface area contributed by atoms with Crippen molar-refractivity contribution in [1.82, 2.24) is 9.78 Å². The Morgan fingerprint density at radius 2 is 2.15 bits per heavy atom. The van der Waals surface area contributed by atoms with Crippen LogP contribution in [-0.2, 0) is 6.42 Å². The fourth-order valence-corrected chi connectivity index (χ4v) is 2.05. The first-order valence-electron chi connectivity index (χ1n) is 6.06. The van der Waals surface area contributed by atoms with Gasteiger partial charge in [0.25, 0.3) is 0 Å². The van der Waals surface area contributed by atoms with Crippen LogP contribution in [0.4, 0.5) is 0 Å². The van der Waals surface area contributed by atoms with Crippen molar-refractivity contribution < 1.29 is 9.90 Å². The normalized spacial score (nSPS) is 10.6. The van der Waals surface area contributed by atoms with Crippen molar-refractivity contribution in [1.29, 1.82) is 0 Å². The molecule has 0 unspecified atom stereocenters. The molecule has 0 bridgehead atoms. The number of carbonyl (C=O) groups is 1. The highest BCUT2D eigenvalue weighted by Crippen LogP contribution is 2.18. The molecule has 104 valence electrons. The summed E-state index contributed by atoms with van der Waals surface area (Å²) in [4.78, 5) is 23.0. The average molecular weight is 293 g/mol. The standard InChI is InChI=1S/C14H13ClN2O3/c1-3-9-7-17(16-12(13(9)18)14(19)20)11-6-10(15)5-4-8(11)2/h4-7H,3H2,1-2H3,(H,19,20). The third-order valence-electron chi connectivity index (χ3n) is 2.99. The van der Waals surface area contributed by atoms with Crippen LogP contribution in [0.25, 0.3) is 5.69 Å². The Balaban J connectivity index is 2.75. The zero-order valence-corrected chi connectivity index (χ0v) is 11.8. The molecule has 2 aromatic rings. The molecule has 0 aliphatic carbocycles. The van der Waals surface area contributed by atoms with Gasteiger partial charge in [-0.3, -0.25) is 4.79 Å². The number of carboxylic acids is 1. The minimum Gasteiger partial charge on any atom is -0.476 e. The van der Waals surface area contributed by atoms with E-state index < -0.39 is 17.1 Å². The van der Waals surface area contributed by atoms with Gasteiger partial charge in [0, 0.05) is 16.8 Å². The number of aromatic nitrogens is 2. The molecule has 1 heterocycles. The van der Waals surface area contributed by atoms with E-state index in [0.717, 1.165) is 5.56 Å². The Kier molecular flexibility index (Phi) is 3.90. The molecule has 1 N–H and O–H groups in total. The van der Waals surface area contributed by atoms with Crippen molar-refractivity contribution in [3.63, 3.8) is 0 Å². The van der Waals surface area contributed by atoms with Crippen molar-refractivity contribution in [3.05, 3.63) is 56.5 Å². The topological polar surface area (TPSA) is 72.2 Å². The lowest BCUT2D eigenvalue weighted by atomic mass is 10.1. The second-order valence-electron chi connectivity index (χ2n) is 4.37. The van der Waals surface area contributed by atoms with Crippen LogP contribution in [-0.4, -0.2) is 20.9 Å². The number of aromatic carboxylic acids is 1. The first-order chi connectivity index (χ1) is 9.43. The number of carboxylic acid groups (broad SMARTS) is 1. The molecule has 0 aliphatic heterocycles. The van der Waals surface area contributed by atoms with Crippen molar-refractivity contribution in [3.8, 4) is 5.69 Å². The van der Waals surface area contributed by atoms with E-state index in [-0.39, 0.29) is 0 Å². The van der Waals surface area contributed by atoms with Crippen LogP contribution in [0.1, 0.15) is 28.5 Å². The first kappa shape index (κ1) is 14.3. The lowest BCUT2D eigenvalue weighted by Gasteiger charge is -2.11. The maximum absolute atomic E-state index is 11.9. The monoisotopic (exact) mass is 292 g/mol. The van der Waals surface area contributed by atoms with Crippen molar-refractivity contribution in [2.75, 3.05) is 0 Å². The van der Waals surface area contributed by atoms with Gasteiger partial charge >= 0.3 is 5.97 Å². The van der Waals surface area contributed by atoms with Crippen molar-refractivity contribution in [2.24, 2.45) is 0 Å². The molecule has 1 aromatic carbocycles. The molecule has 20 heavy (non-hydrogen) atoms. The summed E-state index contributed by atoms with van der Waals surface area (Å²) in [5.74, 6) is -1.33. The molecular weight excluding hydrogens is 280 g/mol. The summed E-state index contributed by atoms with van der Waals surface area (Å²) in [6.45, 7) is 3.65. The van der Waals surface area contributed by atoms with Gasteiger partial charge in [0.1, 0.15) is 0 Å². The number of benzene rings is 1. The second-order valence-corrected chi connectivity index (χ2v) is 4.80. The van der Waals surface area contributed by atoms with E-state index in [2.05, 4.69) is 5.10 Å². The SMILES string of the molecule is CCc1cn(-c2cc(Cl)ccc2C)nc(C(=O)O)c1=O. The number of hydrogen-bond acceptors (Lipinski definition) is 3. The maximum Gasteiger partial charge on any atom is 0.360 e. The number of halogens is 1. The lowest BCUT2D eigenvalue weighted by Crippen LogP contribution is -2.24. The van der Waals surface area contributed by atoms with E-state index >= 15 is 0 Å². The van der Waals surface area contributed by atoms with Gasteiger partial charge in [0.2, 0.25) is 11.1 Å². The van der Waals surface area contributed by atoms with Crippen LogP contribution >= 0.6 is 11.6 Å². The van der Waals surface area contributed by atoms with E-state index in [1.165, 1.54) is 4.68 Å². The Morgan fingerprint density at radius 1 is 1.45 bits per heavy atom. The highest BCUT2D eigenvalue weighted by Gasteiger charge is 2.16. The summed E-state index contributed by atoms with van der Waals surface area (Å²) in [5.41, 5.74) is 0.898. The van der Waals surface area contributed by atoms with Gasteiger partial charge in [-0.05, 0) is 31.0 Å². The lowest BCUT2D eigenvalue weighted by molar-refractivity contribution is 0.0686. The summed E-state index contributed by atoms with van der Waals surface area (Å²) < 4.78 is 1.39. The fraction of sp³-hybridized carbons (Fsp3) is 0.214. The van der Waals surface area contributed by atoms with Gasteiger partial charge in [0.15, 0.2) is 0 Å². The Bertz CT molecular complexity index is 738. The van der Waals surface area contributed by atoms with Gasteiger partial charge < -0.3 is 5.11 Å². The van der Waals surface area contributed by atoms with E-state index in [0.29, 0.717) is 22.7 Å². The minimum atomic E-state index is -1.33. The zero-order chi connectivity index (χ0) is 14.9. The molecule has 0 fully saturated rings. The highest BCUT2D eigenvalue weighted by atomic mass is 35.5. The molecule has 0 radical (unpaired) electrons. The predicted octanol–water partition coefficient (Wildman–Crippen LogP) is 2.45. The van der Waals surface area contributed by atoms with Crippen LogP contribution < -0.4 is 5.43 Å². The Labute approximate surface area is 120 Å². The molecule has 0 atom stereocenters.